The molecule has 0 saturated heterocycles. The summed E-state index contributed by atoms with van der Waals surface area (Å²) in [6, 6.07) is 19.1. The highest BCUT2D eigenvalue weighted by Crippen LogP contribution is 2.28. The first-order valence-electron chi connectivity index (χ1n) is 7.99. The van der Waals surface area contributed by atoms with Gasteiger partial charge < -0.3 is 5.32 Å². The van der Waals surface area contributed by atoms with Crippen molar-refractivity contribution in [2.24, 2.45) is 0 Å². The third-order valence-electron chi connectivity index (χ3n) is 3.96. The number of fused-ring (bicyclic) bond motifs is 1. The van der Waals surface area contributed by atoms with Gasteiger partial charge in [0.2, 0.25) is 5.78 Å². The van der Waals surface area contributed by atoms with Crippen LogP contribution in [0.1, 0.15) is 15.9 Å². The Balaban J connectivity index is 1.80. The zero-order valence-corrected chi connectivity index (χ0v) is 13.7. The van der Waals surface area contributed by atoms with Crippen LogP contribution in [0.25, 0.3) is 17.0 Å². The lowest BCUT2D eigenvalue weighted by atomic mass is 10.1. The molecule has 5 nitrogen and oxygen atoms in total. The molecule has 122 valence electrons. The highest BCUT2D eigenvalue weighted by molar-refractivity contribution is 6.05. The number of amides is 1. The molecule has 2 heterocycles. The normalized spacial score (nSPS) is 10.8. The molecule has 0 aliphatic rings. The van der Waals surface area contributed by atoms with Gasteiger partial charge in [0.05, 0.1) is 5.69 Å². The Kier molecular flexibility index (Phi) is 3.74. The second-order valence-corrected chi connectivity index (χ2v) is 5.79. The van der Waals surface area contributed by atoms with E-state index in [0.717, 1.165) is 16.8 Å². The topological polar surface area (TPSA) is 59.3 Å². The van der Waals surface area contributed by atoms with Gasteiger partial charge in [0.15, 0.2) is 5.82 Å². The van der Waals surface area contributed by atoms with Crippen molar-refractivity contribution in [1.29, 1.82) is 0 Å². The van der Waals surface area contributed by atoms with Crippen LogP contribution in [0.3, 0.4) is 0 Å². The number of anilines is 1. The maximum atomic E-state index is 12.6. The standard InChI is InChI=1S/C20H16N4O/c1-14-7-5-10-16(13-14)19(25)22-18-17(15-8-3-2-4-9-15)24-12-6-11-21-20(24)23-18/h2-13H,1H3,(H,22,25). The molecule has 0 radical (unpaired) electrons. The molecular weight excluding hydrogens is 312 g/mol. The van der Waals surface area contributed by atoms with Crippen LogP contribution in [0.4, 0.5) is 5.82 Å². The first kappa shape index (κ1) is 15.1. The predicted molar refractivity (Wildman–Crippen MR) is 97.6 cm³/mol. The number of carbonyl (C=O) groups is 1. The molecule has 1 N–H and O–H groups in total. The van der Waals surface area contributed by atoms with Gasteiger partial charge in [-0.1, -0.05) is 48.0 Å². The van der Waals surface area contributed by atoms with Gasteiger partial charge >= 0.3 is 0 Å². The van der Waals surface area contributed by atoms with E-state index < -0.39 is 0 Å². The summed E-state index contributed by atoms with van der Waals surface area (Å²) in [6.07, 6.45) is 3.57. The minimum Gasteiger partial charge on any atom is -0.305 e. The van der Waals surface area contributed by atoms with Gasteiger partial charge in [-0.15, -0.1) is 0 Å². The van der Waals surface area contributed by atoms with Crippen molar-refractivity contribution in [3.63, 3.8) is 0 Å². The number of aromatic nitrogens is 3. The second kappa shape index (κ2) is 6.20. The number of benzene rings is 2. The number of carbonyl (C=O) groups excluding carboxylic acids is 1. The van der Waals surface area contributed by atoms with Gasteiger partial charge in [-0.2, -0.15) is 4.98 Å². The molecule has 0 fully saturated rings. The number of nitrogens with one attached hydrogen (secondary N) is 1. The molecule has 1 amide bonds. The lowest BCUT2D eigenvalue weighted by molar-refractivity contribution is 0.102. The largest absolute Gasteiger partial charge is 0.305 e. The Labute approximate surface area is 145 Å². The molecule has 0 atom stereocenters. The summed E-state index contributed by atoms with van der Waals surface area (Å²) in [5.74, 6) is 0.849. The molecule has 4 aromatic rings. The number of hydrogen-bond donors (Lipinski definition) is 1. The molecule has 0 bridgehead atoms. The van der Waals surface area contributed by atoms with Crippen molar-refractivity contribution in [3.05, 3.63) is 84.2 Å². The Hall–Kier alpha value is -3.47. The second-order valence-electron chi connectivity index (χ2n) is 5.79. The van der Waals surface area contributed by atoms with Crippen LogP contribution >= 0.6 is 0 Å². The number of nitrogens with zero attached hydrogens (tertiary/aromatic N) is 3. The summed E-state index contributed by atoms with van der Waals surface area (Å²) >= 11 is 0. The van der Waals surface area contributed by atoms with Crippen LogP contribution in [-0.4, -0.2) is 20.3 Å². The first-order valence-corrected chi connectivity index (χ1v) is 7.99. The average molecular weight is 328 g/mol. The van der Waals surface area contributed by atoms with E-state index in [1.807, 2.05) is 72.1 Å². The van der Waals surface area contributed by atoms with Crippen LogP contribution in [0.2, 0.25) is 0 Å². The molecule has 0 spiro atoms. The third-order valence-corrected chi connectivity index (χ3v) is 3.96. The molecule has 5 heteroatoms. The number of aryl methyl sites for hydroxylation is 1. The monoisotopic (exact) mass is 328 g/mol. The lowest BCUT2D eigenvalue weighted by Crippen LogP contribution is -2.13. The van der Waals surface area contributed by atoms with E-state index in [-0.39, 0.29) is 5.91 Å². The first-order chi connectivity index (χ1) is 12.2. The van der Waals surface area contributed by atoms with E-state index in [2.05, 4.69) is 15.3 Å². The summed E-state index contributed by atoms with van der Waals surface area (Å²) in [5, 5.41) is 2.93. The van der Waals surface area contributed by atoms with Crippen LogP contribution in [0.15, 0.2) is 73.1 Å². The molecule has 25 heavy (non-hydrogen) atoms. The zero-order chi connectivity index (χ0) is 17.2. The quantitative estimate of drug-likeness (QED) is 0.619. The molecule has 0 aliphatic carbocycles. The fourth-order valence-corrected chi connectivity index (χ4v) is 2.81. The maximum absolute atomic E-state index is 12.6. The number of hydrogen-bond acceptors (Lipinski definition) is 3. The minimum absolute atomic E-state index is 0.190. The molecule has 2 aromatic carbocycles. The maximum Gasteiger partial charge on any atom is 0.256 e. The number of imidazole rings is 1. The molecule has 0 unspecified atom stereocenters. The molecule has 4 rings (SSSR count). The van der Waals surface area contributed by atoms with E-state index >= 15 is 0 Å². The lowest BCUT2D eigenvalue weighted by Gasteiger charge is -2.07. The molecule has 0 saturated carbocycles. The fourth-order valence-electron chi connectivity index (χ4n) is 2.81. The Morgan fingerprint density at radius 1 is 1.04 bits per heavy atom. The summed E-state index contributed by atoms with van der Waals surface area (Å²) < 4.78 is 1.88. The third kappa shape index (κ3) is 2.87. The van der Waals surface area contributed by atoms with Crippen LogP contribution in [-0.2, 0) is 0 Å². The molecule has 0 aliphatic heterocycles. The molecular formula is C20H16N4O. The zero-order valence-electron chi connectivity index (χ0n) is 13.7. The van der Waals surface area contributed by atoms with E-state index in [1.54, 1.807) is 12.3 Å². The Morgan fingerprint density at radius 3 is 2.68 bits per heavy atom. The highest BCUT2D eigenvalue weighted by Gasteiger charge is 2.17. The number of rotatable bonds is 3. The van der Waals surface area contributed by atoms with Gasteiger partial charge in [-0.05, 0) is 25.1 Å². The predicted octanol–water partition coefficient (Wildman–Crippen LogP) is 3.96. The summed E-state index contributed by atoms with van der Waals surface area (Å²) in [4.78, 5) is 21.4. The van der Waals surface area contributed by atoms with Gasteiger partial charge in [0.25, 0.3) is 5.91 Å². The van der Waals surface area contributed by atoms with Crippen LogP contribution in [0.5, 0.6) is 0 Å². The van der Waals surface area contributed by atoms with Crippen molar-refractivity contribution in [1.82, 2.24) is 14.4 Å². The summed E-state index contributed by atoms with van der Waals surface area (Å²) in [7, 11) is 0. The van der Waals surface area contributed by atoms with E-state index in [1.165, 1.54) is 0 Å². The molecule has 2 aromatic heterocycles. The minimum atomic E-state index is -0.190. The highest BCUT2D eigenvalue weighted by atomic mass is 16.1. The Morgan fingerprint density at radius 2 is 1.88 bits per heavy atom. The van der Waals surface area contributed by atoms with Crippen molar-refractivity contribution >= 4 is 17.5 Å². The van der Waals surface area contributed by atoms with Crippen LogP contribution < -0.4 is 5.32 Å². The van der Waals surface area contributed by atoms with Crippen molar-refractivity contribution in [3.8, 4) is 11.3 Å². The SMILES string of the molecule is Cc1cccc(C(=O)Nc2nc3ncccn3c2-c2ccccc2)c1. The average Bonchev–Trinajstić information content (AvgIpc) is 3.00. The Bertz CT molecular complexity index is 1050. The van der Waals surface area contributed by atoms with Crippen molar-refractivity contribution in [2.75, 3.05) is 5.32 Å². The van der Waals surface area contributed by atoms with Gasteiger partial charge in [0, 0.05) is 23.5 Å². The summed E-state index contributed by atoms with van der Waals surface area (Å²) in [5.41, 5.74) is 3.41. The summed E-state index contributed by atoms with van der Waals surface area (Å²) in [6.45, 7) is 1.96. The smallest absolute Gasteiger partial charge is 0.256 e. The van der Waals surface area contributed by atoms with E-state index in [4.69, 9.17) is 0 Å². The fraction of sp³-hybridized carbons (Fsp3) is 0.0500. The van der Waals surface area contributed by atoms with Gasteiger partial charge in [-0.25, -0.2) is 4.98 Å². The van der Waals surface area contributed by atoms with Gasteiger partial charge in [-0.3, -0.25) is 9.20 Å². The van der Waals surface area contributed by atoms with Gasteiger partial charge in [0.1, 0.15) is 0 Å². The van der Waals surface area contributed by atoms with Crippen molar-refractivity contribution < 1.29 is 4.79 Å². The van der Waals surface area contributed by atoms with Crippen molar-refractivity contribution in [2.45, 2.75) is 6.92 Å². The van der Waals surface area contributed by atoms with E-state index in [9.17, 15) is 4.79 Å². The van der Waals surface area contributed by atoms with E-state index in [0.29, 0.717) is 17.2 Å². The van der Waals surface area contributed by atoms with Crippen LogP contribution in [0, 0.1) is 6.92 Å².